The van der Waals surface area contributed by atoms with Crippen LogP contribution in [0.4, 0.5) is 23.7 Å². The van der Waals surface area contributed by atoms with Crippen LogP contribution < -0.4 is 10.1 Å². The van der Waals surface area contributed by atoms with Crippen molar-refractivity contribution in [1.29, 1.82) is 0 Å². The van der Waals surface area contributed by atoms with Gasteiger partial charge < -0.3 is 10.1 Å². The first-order valence-corrected chi connectivity index (χ1v) is 11.5. The van der Waals surface area contributed by atoms with Gasteiger partial charge >= 0.3 is 12.2 Å². The molecule has 36 heavy (non-hydrogen) atoms. The Morgan fingerprint density at radius 2 is 1.94 bits per heavy atom. The predicted octanol–water partition coefficient (Wildman–Crippen LogP) is 6.09. The van der Waals surface area contributed by atoms with Crippen LogP contribution in [-0.2, 0) is 19.1 Å². The molecule has 4 aromatic rings. The van der Waals surface area contributed by atoms with E-state index in [1.807, 2.05) is 0 Å². The molecule has 0 bridgehead atoms. The number of alkyl halides is 3. The molecular formula is C26H24F3N5O2. The number of carbonyl (C=O) groups is 1. The number of nitrogens with one attached hydrogen (secondary N) is 1. The summed E-state index contributed by atoms with van der Waals surface area (Å²) in [5, 5.41) is 3.26. The molecule has 1 N–H and O–H groups in total. The fraction of sp³-hybridized carbons (Fsp3) is 0.269. The quantitative estimate of drug-likeness (QED) is 0.371. The highest BCUT2D eigenvalue weighted by Crippen LogP contribution is 2.32. The van der Waals surface area contributed by atoms with Crippen LogP contribution in [0.25, 0.3) is 10.9 Å². The molecule has 1 aliphatic heterocycles. The molecule has 0 spiro atoms. The van der Waals surface area contributed by atoms with Gasteiger partial charge in [0.05, 0.1) is 16.8 Å². The molecule has 0 saturated heterocycles. The van der Waals surface area contributed by atoms with Crippen molar-refractivity contribution in [2.75, 3.05) is 11.9 Å². The van der Waals surface area contributed by atoms with Crippen LogP contribution in [0.5, 0.6) is 11.6 Å². The van der Waals surface area contributed by atoms with Gasteiger partial charge in [0.2, 0.25) is 5.88 Å². The molecule has 5 rings (SSSR count). The SMILES string of the molecule is CC(C)N1CCc2c(ncnc2Oc2ccc3c(ccn3C(=O)Nc3cccc(C(F)(F)F)c3)c2)C1. The highest BCUT2D eigenvalue weighted by Gasteiger charge is 2.30. The second-order valence-corrected chi connectivity index (χ2v) is 8.94. The van der Waals surface area contributed by atoms with Crippen molar-refractivity contribution in [2.24, 2.45) is 0 Å². The van der Waals surface area contributed by atoms with E-state index in [0.29, 0.717) is 23.2 Å². The lowest BCUT2D eigenvalue weighted by Crippen LogP contribution is -2.36. The Morgan fingerprint density at radius 3 is 2.72 bits per heavy atom. The molecule has 0 fully saturated rings. The van der Waals surface area contributed by atoms with Crippen LogP contribution in [-0.4, -0.2) is 38.1 Å². The number of nitrogens with zero attached hydrogens (tertiary/aromatic N) is 4. The van der Waals surface area contributed by atoms with E-state index in [4.69, 9.17) is 4.74 Å². The van der Waals surface area contributed by atoms with Gasteiger partial charge in [-0.3, -0.25) is 9.47 Å². The van der Waals surface area contributed by atoms with Gasteiger partial charge in [-0.15, -0.1) is 0 Å². The molecule has 0 unspecified atom stereocenters. The number of aromatic nitrogens is 3. The molecule has 3 heterocycles. The number of amides is 1. The Labute approximate surface area is 205 Å². The zero-order valence-electron chi connectivity index (χ0n) is 19.7. The van der Waals surface area contributed by atoms with E-state index < -0.39 is 17.8 Å². The summed E-state index contributed by atoms with van der Waals surface area (Å²) in [7, 11) is 0. The van der Waals surface area contributed by atoms with Gasteiger partial charge in [0.1, 0.15) is 12.1 Å². The highest BCUT2D eigenvalue weighted by molar-refractivity contribution is 5.98. The topological polar surface area (TPSA) is 72.3 Å². The van der Waals surface area contributed by atoms with Crippen molar-refractivity contribution in [1.82, 2.24) is 19.4 Å². The highest BCUT2D eigenvalue weighted by atomic mass is 19.4. The van der Waals surface area contributed by atoms with Crippen molar-refractivity contribution in [3.63, 3.8) is 0 Å². The van der Waals surface area contributed by atoms with Crippen molar-refractivity contribution >= 4 is 22.6 Å². The zero-order valence-corrected chi connectivity index (χ0v) is 19.7. The van der Waals surface area contributed by atoms with Crippen molar-refractivity contribution in [2.45, 2.75) is 39.0 Å². The molecular weight excluding hydrogens is 471 g/mol. The number of carbonyl (C=O) groups excluding carboxylic acids is 1. The third kappa shape index (κ3) is 4.76. The molecule has 10 heteroatoms. The minimum absolute atomic E-state index is 0.0567. The fourth-order valence-electron chi connectivity index (χ4n) is 4.30. The number of hydrogen-bond acceptors (Lipinski definition) is 5. The summed E-state index contributed by atoms with van der Waals surface area (Å²) in [4.78, 5) is 23.9. The molecule has 0 atom stereocenters. The first-order valence-electron chi connectivity index (χ1n) is 11.5. The van der Waals surface area contributed by atoms with E-state index in [1.54, 1.807) is 30.5 Å². The molecule has 0 aliphatic carbocycles. The van der Waals surface area contributed by atoms with E-state index in [0.717, 1.165) is 48.3 Å². The number of hydrogen-bond donors (Lipinski definition) is 1. The first-order chi connectivity index (χ1) is 17.2. The molecule has 0 radical (unpaired) electrons. The van der Waals surface area contributed by atoms with E-state index >= 15 is 0 Å². The lowest BCUT2D eigenvalue weighted by atomic mass is 10.0. The molecule has 186 valence electrons. The number of benzene rings is 2. The number of fused-ring (bicyclic) bond motifs is 2. The lowest BCUT2D eigenvalue weighted by Gasteiger charge is -2.31. The van der Waals surface area contributed by atoms with Crippen LogP contribution in [0.15, 0.2) is 61.1 Å². The average molecular weight is 496 g/mol. The standard InChI is InChI=1S/C26H24F3N5O2/c1-16(2)33-10-9-21-22(14-33)30-15-31-24(21)36-20-6-7-23-17(12-20)8-11-34(23)25(35)32-19-5-3-4-18(13-19)26(27,28)29/h3-8,11-13,15-16H,9-10,14H2,1-2H3,(H,32,35). The summed E-state index contributed by atoms with van der Waals surface area (Å²) >= 11 is 0. The van der Waals surface area contributed by atoms with Gasteiger partial charge in [0, 0.05) is 42.0 Å². The van der Waals surface area contributed by atoms with E-state index in [9.17, 15) is 18.0 Å². The summed E-state index contributed by atoms with van der Waals surface area (Å²) in [6.07, 6.45) is -0.637. The minimum atomic E-state index is -4.49. The van der Waals surface area contributed by atoms with Crippen LogP contribution in [0.3, 0.4) is 0 Å². The summed E-state index contributed by atoms with van der Waals surface area (Å²) in [5.41, 5.74) is 1.76. The third-order valence-corrected chi connectivity index (χ3v) is 6.26. The molecule has 0 saturated carbocycles. The predicted molar refractivity (Wildman–Crippen MR) is 129 cm³/mol. The number of rotatable bonds is 4. The summed E-state index contributed by atoms with van der Waals surface area (Å²) in [5.74, 6) is 1.08. The van der Waals surface area contributed by atoms with Gasteiger partial charge in [0.25, 0.3) is 0 Å². The monoisotopic (exact) mass is 495 g/mol. The summed E-state index contributed by atoms with van der Waals surface area (Å²) in [6.45, 7) is 5.96. The Bertz CT molecular complexity index is 1430. The summed E-state index contributed by atoms with van der Waals surface area (Å²) < 4.78 is 46.4. The van der Waals surface area contributed by atoms with Crippen molar-refractivity contribution in [3.05, 3.63) is 77.9 Å². The second kappa shape index (κ2) is 9.27. The number of ether oxygens (including phenoxy) is 1. The lowest BCUT2D eigenvalue weighted by molar-refractivity contribution is -0.137. The van der Waals surface area contributed by atoms with Crippen LogP contribution in [0.2, 0.25) is 0 Å². The fourth-order valence-corrected chi connectivity index (χ4v) is 4.30. The first kappa shape index (κ1) is 23.8. The Balaban J connectivity index is 1.35. The van der Waals surface area contributed by atoms with Gasteiger partial charge in [-0.25, -0.2) is 14.8 Å². The molecule has 2 aromatic carbocycles. The number of halogens is 3. The maximum atomic E-state index is 13.0. The molecule has 7 nitrogen and oxygen atoms in total. The average Bonchev–Trinajstić information content (AvgIpc) is 3.27. The normalized spacial score (nSPS) is 14.2. The maximum Gasteiger partial charge on any atom is 0.416 e. The Morgan fingerprint density at radius 1 is 1.11 bits per heavy atom. The number of anilines is 1. The van der Waals surface area contributed by atoms with Crippen molar-refractivity contribution < 1.29 is 22.7 Å². The smallest absolute Gasteiger partial charge is 0.416 e. The van der Waals surface area contributed by atoms with Crippen LogP contribution in [0.1, 0.15) is 30.7 Å². The minimum Gasteiger partial charge on any atom is -0.439 e. The molecule has 1 amide bonds. The summed E-state index contributed by atoms with van der Waals surface area (Å²) in [6, 6.07) is 11.4. The maximum absolute atomic E-state index is 13.0. The Hall–Kier alpha value is -3.92. The van der Waals surface area contributed by atoms with E-state index in [1.165, 1.54) is 23.0 Å². The van der Waals surface area contributed by atoms with Gasteiger partial charge in [-0.05, 0) is 62.7 Å². The molecule has 1 aliphatic rings. The molecule has 2 aromatic heterocycles. The van der Waals surface area contributed by atoms with E-state index in [-0.39, 0.29) is 5.69 Å². The van der Waals surface area contributed by atoms with E-state index in [2.05, 4.69) is 34.0 Å². The van der Waals surface area contributed by atoms with Gasteiger partial charge in [-0.1, -0.05) is 6.07 Å². The zero-order chi connectivity index (χ0) is 25.4. The second-order valence-electron chi connectivity index (χ2n) is 8.94. The van der Waals surface area contributed by atoms with Crippen molar-refractivity contribution in [3.8, 4) is 11.6 Å². The Kier molecular flexibility index (Phi) is 6.13. The van der Waals surface area contributed by atoms with Crippen LogP contribution in [0, 0.1) is 0 Å². The van der Waals surface area contributed by atoms with Gasteiger partial charge in [-0.2, -0.15) is 13.2 Å². The van der Waals surface area contributed by atoms with Gasteiger partial charge in [0.15, 0.2) is 0 Å². The third-order valence-electron chi connectivity index (χ3n) is 6.26. The largest absolute Gasteiger partial charge is 0.439 e. The van der Waals surface area contributed by atoms with Crippen LogP contribution >= 0.6 is 0 Å².